The van der Waals surface area contributed by atoms with E-state index in [4.69, 9.17) is 4.42 Å². The maximum absolute atomic E-state index is 10.6. The first-order valence-corrected chi connectivity index (χ1v) is 7.11. The lowest BCUT2D eigenvalue weighted by molar-refractivity contribution is -0.380. The fourth-order valence-electron chi connectivity index (χ4n) is 1.86. The van der Waals surface area contributed by atoms with Crippen LogP contribution in [0.1, 0.15) is 30.8 Å². The molecule has 0 bridgehead atoms. The van der Waals surface area contributed by atoms with E-state index in [9.17, 15) is 15.2 Å². The van der Waals surface area contributed by atoms with E-state index in [2.05, 4.69) is 5.32 Å². The fourth-order valence-corrected chi connectivity index (χ4v) is 2.59. The van der Waals surface area contributed by atoms with Gasteiger partial charge < -0.3 is 14.8 Å². The number of hydrogen-bond acceptors (Lipinski definition) is 6. The predicted molar refractivity (Wildman–Crippen MR) is 75.6 cm³/mol. The Morgan fingerprint density at radius 3 is 3.00 bits per heavy atom. The minimum Gasteiger partial charge on any atom is -0.467 e. The lowest BCUT2D eigenvalue weighted by atomic mass is 10.1. The molecule has 0 aliphatic carbocycles. The van der Waals surface area contributed by atoms with E-state index in [0.29, 0.717) is 18.7 Å². The van der Waals surface area contributed by atoms with E-state index < -0.39 is 11.0 Å². The number of rotatable bonds is 7. The Kier molecular flexibility index (Phi) is 4.89. The van der Waals surface area contributed by atoms with Crippen molar-refractivity contribution < 1.29 is 14.4 Å². The highest BCUT2D eigenvalue weighted by Crippen LogP contribution is 2.23. The molecule has 0 fully saturated rings. The second-order valence-corrected chi connectivity index (χ2v) is 5.49. The highest BCUT2D eigenvalue weighted by molar-refractivity contribution is 7.13. The van der Waals surface area contributed by atoms with Crippen molar-refractivity contribution in [1.82, 2.24) is 5.32 Å². The molecule has 20 heavy (non-hydrogen) atoms. The van der Waals surface area contributed by atoms with E-state index in [1.165, 1.54) is 6.26 Å². The van der Waals surface area contributed by atoms with Crippen LogP contribution in [0, 0.1) is 10.1 Å². The van der Waals surface area contributed by atoms with Gasteiger partial charge in [-0.3, -0.25) is 10.1 Å². The summed E-state index contributed by atoms with van der Waals surface area (Å²) in [5.74, 6) is 0.546. The number of aliphatic hydroxyl groups is 1. The molecular weight excluding hydrogens is 280 g/mol. The van der Waals surface area contributed by atoms with Crippen LogP contribution in [0.2, 0.25) is 0 Å². The monoisotopic (exact) mass is 296 g/mol. The Bertz CT molecular complexity index is 552. The quantitative estimate of drug-likeness (QED) is 0.606. The van der Waals surface area contributed by atoms with Gasteiger partial charge in [-0.2, -0.15) is 0 Å². The molecule has 0 amide bonds. The fraction of sp³-hybridized carbons (Fsp3) is 0.385. The maximum Gasteiger partial charge on any atom is 0.324 e. The van der Waals surface area contributed by atoms with Gasteiger partial charge >= 0.3 is 5.00 Å². The van der Waals surface area contributed by atoms with Gasteiger partial charge in [0.1, 0.15) is 11.9 Å². The van der Waals surface area contributed by atoms with E-state index in [1.807, 2.05) is 6.92 Å². The second-order valence-electron chi connectivity index (χ2n) is 4.60. The van der Waals surface area contributed by atoms with Crippen molar-refractivity contribution >= 4 is 16.3 Å². The van der Waals surface area contributed by atoms with Crippen molar-refractivity contribution in [1.29, 1.82) is 0 Å². The molecule has 0 saturated carbocycles. The van der Waals surface area contributed by atoms with Crippen molar-refractivity contribution in [3.05, 3.63) is 51.3 Å². The van der Waals surface area contributed by atoms with Crippen LogP contribution in [-0.4, -0.2) is 16.1 Å². The summed E-state index contributed by atoms with van der Waals surface area (Å²) in [5.41, 5.74) is 0.876. The molecule has 0 radical (unpaired) electrons. The summed E-state index contributed by atoms with van der Waals surface area (Å²) in [4.78, 5) is 10.2. The van der Waals surface area contributed by atoms with Crippen molar-refractivity contribution in [2.45, 2.75) is 32.0 Å². The van der Waals surface area contributed by atoms with Crippen LogP contribution in [0.3, 0.4) is 0 Å². The Balaban J connectivity index is 1.79. The van der Waals surface area contributed by atoms with Crippen LogP contribution in [0.5, 0.6) is 0 Å². The van der Waals surface area contributed by atoms with Gasteiger partial charge in [0.2, 0.25) is 0 Å². The lowest BCUT2D eigenvalue weighted by Crippen LogP contribution is -2.27. The predicted octanol–water partition coefficient (Wildman–Crippen LogP) is 2.85. The Labute approximate surface area is 120 Å². The second kappa shape index (κ2) is 6.65. The molecule has 0 aliphatic heterocycles. The number of nitro groups is 1. The zero-order chi connectivity index (χ0) is 14.5. The Morgan fingerprint density at radius 1 is 1.60 bits per heavy atom. The van der Waals surface area contributed by atoms with Gasteiger partial charge in [-0.15, -0.1) is 0 Å². The molecule has 7 heteroatoms. The van der Waals surface area contributed by atoms with Crippen molar-refractivity contribution in [3.8, 4) is 0 Å². The number of thiophene rings is 1. The normalized spacial score (nSPS) is 14.1. The average molecular weight is 296 g/mol. The molecule has 2 aromatic heterocycles. The van der Waals surface area contributed by atoms with Crippen LogP contribution < -0.4 is 5.32 Å². The molecule has 2 rings (SSSR count). The largest absolute Gasteiger partial charge is 0.467 e. The van der Waals surface area contributed by atoms with Crippen LogP contribution in [0.4, 0.5) is 5.00 Å². The van der Waals surface area contributed by atoms with Crippen LogP contribution in [0.15, 0.2) is 34.3 Å². The summed E-state index contributed by atoms with van der Waals surface area (Å²) in [5, 5.41) is 25.6. The third kappa shape index (κ3) is 3.89. The van der Waals surface area contributed by atoms with Gasteiger partial charge in [-0.1, -0.05) is 11.3 Å². The van der Waals surface area contributed by atoms with Crippen LogP contribution in [-0.2, 0) is 6.54 Å². The molecule has 0 aliphatic rings. The summed E-state index contributed by atoms with van der Waals surface area (Å²) in [6.07, 6.45) is 1.39. The van der Waals surface area contributed by atoms with E-state index >= 15 is 0 Å². The zero-order valence-corrected chi connectivity index (χ0v) is 11.8. The molecule has 0 spiro atoms. The van der Waals surface area contributed by atoms with Crippen molar-refractivity contribution in [3.63, 3.8) is 0 Å². The average Bonchev–Trinajstić information content (AvgIpc) is 3.07. The number of furan rings is 1. The van der Waals surface area contributed by atoms with Gasteiger partial charge in [-0.05, 0) is 31.0 Å². The molecule has 2 unspecified atom stereocenters. The Hall–Kier alpha value is -1.70. The number of hydrogen-bond donors (Lipinski definition) is 2. The molecule has 0 saturated heterocycles. The minimum absolute atomic E-state index is 0.0639. The number of nitrogens with zero attached hydrogens (tertiary/aromatic N) is 1. The molecule has 108 valence electrons. The number of nitrogens with one attached hydrogen (secondary N) is 1. The third-order valence-corrected chi connectivity index (χ3v) is 3.85. The standard InChI is InChI=1S/C13H16N2O4S/c1-9(5-11(16)12-3-2-4-19-12)14-7-10-6-13(15(17)18)20-8-10/h2-4,6,8-9,11,14,16H,5,7H2,1H3. The smallest absolute Gasteiger partial charge is 0.324 e. The molecule has 2 atom stereocenters. The van der Waals surface area contributed by atoms with Gasteiger partial charge in [0.05, 0.1) is 11.2 Å². The van der Waals surface area contributed by atoms with Crippen molar-refractivity contribution in [2.75, 3.05) is 0 Å². The molecule has 0 aromatic carbocycles. The van der Waals surface area contributed by atoms with Crippen LogP contribution >= 0.6 is 11.3 Å². The summed E-state index contributed by atoms with van der Waals surface area (Å²) in [6.45, 7) is 2.49. The third-order valence-electron chi connectivity index (χ3n) is 2.92. The van der Waals surface area contributed by atoms with Gasteiger partial charge in [0.15, 0.2) is 0 Å². The first kappa shape index (κ1) is 14.7. The van der Waals surface area contributed by atoms with Gasteiger partial charge in [0.25, 0.3) is 0 Å². The summed E-state index contributed by atoms with van der Waals surface area (Å²) in [6, 6.07) is 5.10. The van der Waals surface area contributed by atoms with E-state index in [1.54, 1.807) is 23.6 Å². The Morgan fingerprint density at radius 2 is 2.40 bits per heavy atom. The summed E-state index contributed by atoms with van der Waals surface area (Å²) in [7, 11) is 0. The molecule has 6 nitrogen and oxygen atoms in total. The first-order chi connectivity index (χ1) is 9.56. The zero-order valence-electron chi connectivity index (χ0n) is 11.0. The van der Waals surface area contributed by atoms with Gasteiger partial charge in [-0.25, -0.2) is 0 Å². The molecule has 2 N–H and O–H groups in total. The molecule has 2 heterocycles. The minimum atomic E-state index is -0.649. The SMILES string of the molecule is CC(CC(O)c1ccco1)NCc1csc([N+](=O)[O-])c1. The molecule has 2 aromatic rings. The first-order valence-electron chi connectivity index (χ1n) is 6.23. The highest BCUT2D eigenvalue weighted by Gasteiger charge is 2.15. The summed E-state index contributed by atoms with van der Waals surface area (Å²) < 4.78 is 5.14. The summed E-state index contributed by atoms with van der Waals surface area (Å²) >= 11 is 1.12. The molecular formula is C13H16N2O4S. The van der Waals surface area contributed by atoms with E-state index in [0.717, 1.165) is 16.9 Å². The van der Waals surface area contributed by atoms with Crippen molar-refractivity contribution in [2.24, 2.45) is 0 Å². The van der Waals surface area contributed by atoms with Gasteiger partial charge in [0, 0.05) is 24.0 Å². The van der Waals surface area contributed by atoms with Crippen LogP contribution in [0.25, 0.3) is 0 Å². The lowest BCUT2D eigenvalue weighted by Gasteiger charge is -2.16. The highest BCUT2D eigenvalue weighted by atomic mass is 32.1. The van der Waals surface area contributed by atoms with E-state index in [-0.39, 0.29) is 11.0 Å². The maximum atomic E-state index is 10.6. The number of aliphatic hydroxyl groups excluding tert-OH is 1. The topological polar surface area (TPSA) is 88.5 Å².